The Morgan fingerprint density at radius 1 is 1.29 bits per heavy atom. The number of hydrogen-bond acceptors (Lipinski definition) is 2. The molecule has 4 fully saturated rings. The number of hydrogen-bond donors (Lipinski definition) is 0. The van der Waals surface area contributed by atoms with Crippen LogP contribution in [0.3, 0.4) is 0 Å². The van der Waals surface area contributed by atoms with Crippen LogP contribution in [-0.2, 0) is 9.31 Å². The molecule has 0 aromatic carbocycles. The van der Waals surface area contributed by atoms with E-state index < -0.39 is 0 Å². The van der Waals surface area contributed by atoms with E-state index in [1.807, 2.05) is 6.82 Å². The second-order valence-corrected chi connectivity index (χ2v) is 6.12. The highest BCUT2D eigenvalue weighted by Gasteiger charge is 2.79. The highest BCUT2D eigenvalue weighted by Crippen LogP contribution is 2.78. The third-order valence-electron chi connectivity index (χ3n) is 5.87. The summed E-state index contributed by atoms with van der Waals surface area (Å²) < 4.78 is 12.0. The summed E-state index contributed by atoms with van der Waals surface area (Å²) in [5.41, 5.74) is 0.630. The molecule has 0 aromatic rings. The van der Waals surface area contributed by atoms with Crippen molar-refractivity contribution in [1.82, 2.24) is 0 Å². The molecule has 14 heavy (non-hydrogen) atoms. The first-order valence-corrected chi connectivity index (χ1v) is 5.90. The lowest BCUT2D eigenvalue weighted by Crippen LogP contribution is -2.60. The van der Waals surface area contributed by atoms with Gasteiger partial charge in [-0.05, 0) is 49.8 Å². The van der Waals surface area contributed by atoms with E-state index >= 15 is 0 Å². The van der Waals surface area contributed by atoms with Gasteiger partial charge in [0.05, 0.1) is 11.7 Å². The van der Waals surface area contributed by atoms with Crippen LogP contribution in [0.25, 0.3) is 0 Å². The first kappa shape index (κ1) is 8.17. The molecule has 0 radical (unpaired) electrons. The molecule has 2 nitrogen and oxygen atoms in total. The zero-order valence-electron chi connectivity index (χ0n) is 9.12. The summed E-state index contributed by atoms with van der Waals surface area (Å²) in [4.78, 5) is 0. The predicted octanol–water partition coefficient (Wildman–Crippen LogP) is 1.95. The summed E-state index contributed by atoms with van der Waals surface area (Å²) in [6.07, 6.45) is 3.17. The van der Waals surface area contributed by atoms with Gasteiger partial charge in [-0.25, -0.2) is 0 Å². The molecule has 1 aliphatic heterocycles. The molecule has 3 unspecified atom stereocenters. The summed E-state index contributed by atoms with van der Waals surface area (Å²) in [5, 5.41) is 0. The maximum Gasteiger partial charge on any atom is 0.454 e. The van der Waals surface area contributed by atoms with Crippen LogP contribution in [0.4, 0.5) is 0 Å². The van der Waals surface area contributed by atoms with Crippen molar-refractivity contribution in [2.24, 2.45) is 23.2 Å². The van der Waals surface area contributed by atoms with Crippen molar-refractivity contribution in [1.29, 1.82) is 0 Å². The Bertz CT molecular complexity index is 320. The molecule has 3 aliphatic carbocycles. The molecule has 0 N–H and O–H groups in total. The van der Waals surface area contributed by atoms with E-state index in [1.165, 1.54) is 12.8 Å². The van der Waals surface area contributed by atoms with Crippen LogP contribution in [0.2, 0.25) is 6.82 Å². The highest BCUT2D eigenvalue weighted by molar-refractivity contribution is 6.43. The number of fused-ring (bicyclic) bond motifs is 3. The minimum Gasteiger partial charge on any atom is -0.405 e. The van der Waals surface area contributed by atoms with E-state index in [2.05, 4.69) is 13.8 Å². The van der Waals surface area contributed by atoms with Crippen LogP contribution in [-0.4, -0.2) is 18.8 Å². The van der Waals surface area contributed by atoms with Gasteiger partial charge >= 0.3 is 7.12 Å². The van der Waals surface area contributed by atoms with E-state index in [4.69, 9.17) is 9.31 Å². The molecule has 0 aromatic heterocycles. The lowest BCUT2D eigenvalue weighted by molar-refractivity contribution is -0.175. The highest BCUT2D eigenvalue weighted by atomic mass is 16.7. The molecule has 1 heterocycles. The van der Waals surface area contributed by atoms with Crippen molar-refractivity contribution in [3.8, 4) is 0 Å². The standard InChI is InChI=1S/C11H17BO2/c1-10-6-4-7(10)9-11(2,8(10)5-6)14-12(3)13-9/h6-9H,4-5H2,1-3H3/t6?,7?,8-,9?,10+,11-/m0/s1. The predicted molar refractivity (Wildman–Crippen MR) is 53.8 cm³/mol. The van der Waals surface area contributed by atoms with Crippen LogP contribution >= 0.6 is 0 Å². The van der Waals surface area contributed by atoms with Crippen LogP contribution in [0.15, 0.2) is 0 Å². The molecule has 4 rings (SSSR count). The molecule has 1 saturated heterocycles. The third kappa shape index (κ3) is 0.556. The van der Waals surface area contributed by atoms with Gasteiger partial charge in [0.1, 0.15) is 0 Å². The first-order chi connectivity index (χ1) is 6.57. The molecular formula is C11H17BO2. The van der Waals surface area contributed by atoms with Crippen molar-refractivity contribution in [3.63, 3.8) is 0 Å². The summed E-state index contributed by atoms with van der Waals surface area (Å²) in [6, 6.07) is 0. The Balaban J connectivity index is 1.80. The molecule has 3 saturated carbocycles. The van der Waals surface area contributed by atoms with Crippen molar-refractivity contribution < 1.29 is 9.31 Å². The van der Waals surface area contributed by atoms with Crippen molar-refractivity contribution in [3.05, 3.63) is 0 Å². The Kier molecular flexibility index (Phi) is 1.13. The zero-order chi connectivity index (χ0) is 9.72. The second-order valence-electron chi connectivity index (χ2n) is 6.12. The number of rotatable bonds is 0. The second kappa shape index (κ2) is 1.94. The molecule has 76 valence electrons. The molecule has 6 atom stereocenters. The van der Waals surface area contributed by atoms with Crippen molar-refractivity contribution >= 4 is 7.12 Å². The molecule has 0 amide bonds. The van der Waals surface area contributed by atoms with E-state index in [1.54, 1.807) is 0 Å². The Hall–Kier alpha value is -0.0151. The van der Waals surface area contributed by atoms with Crippen molar-refractivity contribution in [2.45, 2.75) is 45.2 Å². The van der Waals surface area contributed by atoms with E-state index in [0.717, 1.165) is 17.8 Å². The van der Waals surface area contributed by atoms with Gasteiger partial charge in [-0.15, -0.1) is 0 Å². The lowest BCUT2D eigenvalue weighted by atomic mass is 9.41. The Morgan fingerprint density at radius 3 is 2.79 bits per heavy atom. The Labute approximate surface area is 85.5 Å². The maximum absolute atomic E-state index is 6.05. The fourth-order valence-corrected chi connectivity index (χ4v) is 5.10. The van der Waals surface area contributed by atoms with Gasteiger partial charge in [0.25, 0.3) is 0 Å². The maximum atomic E-state index is 6.05. The summed E-state index contributed by atoms with van der Waals surface area (Å²) >= 11 is 0. The van der Waals surface area contributed by atoms with Crippen molar-refractivity contribution in [2.75, 3.05) is 0 Å². The van der Waals surface area contributed by atoms with E-state index in [-0.39, 0.29) is 12.7 Å². The normalized spacial score (nSPS) is 68.4. The topological polar surface area (TPSA) is 18.5 Å². The van der Waals surface area contributed by atoms with Gasteiger partial charge in [0, 0.05) is 0 Å². The molecule has 4 aliphatic rings. The zero-order valence-corrected chi connectivity index (χ0v) is 9.12. The van der Waals surface area contributed by atoms with Gasteiger partial charge in [-0.1, -0.05) is 6.92 Å². The van der Waals surface area contributed by atoms with Gasteiger partial charge < -0.3 is 9.31 Å². The van der Waals surface area contributed by atoms with Crippen LogP contribution in [0.5, 0.6) is 0 Å². The largest absolute Gasteiger partial charge is 0.454 e. The smallest absolute Gasteiger partial charge is 0.405 e. The monoisotopic (exact) mass is 192 g/mol. The fourth-order valence-electron chi connectivity index (χ4n) is 5.10. The van der Waals surface area contributed by atoms with E-state index in [9.17, 15) is 0 Å². The van der Waals surface area contributed by atoms with Crippen LogP contribution in [0, 0.1) is 23.2 Å². The quantitative estimate of drug-likeness (QED) is 0.546. The average molecular weight is 192 g/mol. The van der Waals surface area contributed by atoms with Gasteiger partial charge in [0.2, 0.25) is 0 Å². The Morgan fingerprint density at radius 2 is 2.07 bits per heavy atom. The average Bonchev–Trinajstić information content (AvgIpc) is 2.37. The fraction of sp³-hybridized carbons (Fsp3) is 1.00. The van der Waals surface area contributed by atoms with Gasteiger partial charge in [-0.3, -0.25) is 0 Å². The molecular weight excluding hydrogens is 175 g/mol. The summed E-state index contributed by atoms with van der Waals surface area (Å²) in [6.45, 7) is 6.78. The first-order valence-electron chi connectivity index (χ1n) is 5.90. The third-order valence-corrected chi connectivity index (χ3v) is 5.87. The molecule has 0 bridgehead atoms. The van der Waals surface area contributed by atoms with Gasteiger partial charge in [-0.2, -0.15) is 0 Å². The minimum atomic E-state index is 0.0224. The van der Waals surface area contributed by atoms with Crippen LogP contribution < -0.4 is 0 Å². The molecule has 3 heteroatoms. The summed E-state index contributed by atoms with van der Waals surface area (Å²) in [5.74, 6) is 2.55. The minimum absolute atomic E-state index is 0.0224. The van der Waals surface area contributed by atoms with E-state index in [0.29, 0.717) is 11.5 Å². The SMILES string of the molecule is CB1OC2C3CC4C[C@@H]([C@]43C)[C@]2(C)O1. The van der Waals surface area contributed by atoms with Crippen LogP contribution in [0.1, 0.15) is 26.7 Å². The summed E-state index contributed by atoms with van der Waals surface area (Å²) in [7, 11) is 0.0224. The lowest BCUT2D eigenvalue weighted by Gasteiger charge is -2.64. The van der Waals surface area contributed by atoms with Gasteiger partial charge in [0.15, 0.2) is 0 Å². The molecule has 0 spiro atoms.